The predicted molar refractivity (Wildman–Crippen MR) is 75.0 cm³/mol. The largest absolute Gasteiger partial charge is 0.495 e. The lowest BCUT2D eigenvalue weighted by Gasteiger charge is -2.19. The van der Waals surface area contributed by atoms with Crippen LogP contribution in [-0.2, 0) is 0 Å². The van der Waals surface area contributed by atoms with Crippen LogP contribution in [-0.4, -0.2) is 13.7 Å². The minimum absolute atomic E-state index is 0.390. The Kier molecular flexibility index (Phi) is 4.61. The smallest absolute Gasteiger partial charge is 0.141 e. The predicted octanol–water partition coefficient (Wildman–Crippen LogP) is 3.78. The molecule has 0 atom stereocenters. The second-order valence-electron chi connectivity index (χ2n) is 5.46. The van der Waals surface area contributed by atoms with Gasteiger partial charge in [0.05, 0.1) is 24.3 Å². The Bertz CT molecular complexity index is 444. The van der Waals surface area contributed by atoms with E-state index in [1.54, 1.807) is 7.11 Å². The van der Waals surface area contributed by atoms with Gasteiger partial charge in [-0.2, -0.15) is 5.26 Å². The zero-order valence-electron chi connectivity index (χ0n) is 11.9. The van der Waals surface area contributed by atoms with Crippen molar-refractivity contribution in [2.24, 2.45) is 5.41 Å². The van der Waals surface area contributed by atoms with Crippen molar-refractivity contribution in [1.82, 2.24) is 0 Å². The monoisotopic (exact) mass is 246 g/mol. The molecule has 0 unspecified atom stereocenters. The number of nitrogens with one attached hydrogen (secondary N) is 1. The van der Waals surface area contributed by atoms with Crippen LogP contribution >= 0.6 is 0 Å². The number of nitrogens with zero attached hydrogens (tertiary/aromatic N) is 1. The molecule has 1 rings (SSSR count). The molecule has 98 valence electrons. The first kappa shape index (κ1) is 14.4. The lowest BCUT2D eigenvalue weighted by atomic mass is 9.95. The van der Waals surface area contributed by atoms with E-state index in [0.29, 0.717) is 12.5 Å². The zero-order valence-corrected chi connectivity index (χ0v) is 11.9. The SMILES string of the molecule is COc1ccc(C(C)C)cc1NCC(C)(C)C#N. The van der Waals surface area contributed by atoms with Gasteiger partial charge in [0.1, 0.15) is 5.75 Å². The van der Waals surface area contributed by atoms with Gasteiger partial charge in [-0.25, -0.2) is 0 Å². The lowest BCUT2D eigenvalue weighted by molar-refractivity contribution is 0.415. The van der Waals surface area contributed by atoms with Crippen LogP contribution in [0.5, 0.6) is 5.75 Å². The van der Waals surface area contributed by atoms with Crippen molar-refractivity contribution in [3.05, 3.63) is 23.8 Å². The second-order valence-corrected chi connectivity index (χ2v) is 5.46. The van der Waals surface area contributed by atoms with E-state index in [1.807, 2.05) is 19.9 Å². The number of ether oxygens (including phenoxy) is 1. The van der Waals surface area contributed by atoms with Gasteiger partial charge in [-0.3, -0.25) is 0 Å². The summed E-state index contributed by atoms with van der Waals surface area (Å²) < 4.78 is 5.33. The molecule has 0 saturated heterocycles. The van der Waals surface area contributed by atoms with E-state index in [0.717, 1.165) is 11.4 Å². The first-order valence-electron chi connectivity index (χ1n) is 6.22. The van der Waals surface area contributed by atoms with E-state index < -0.39 is 5.41 Å². The van der Waals surface area contributed by atoms with Gasteiger partial charge >= 0.3 is 0 Å². The Labute approximate surface area is 110 Å². The fourth-order valence-electron chi connectivity index (χ4n) is 1.58. The number of methoxy groups -OCH3 is 1. The van der Waals surface area contributed by atoms with E-state index in [-0.39, 0.29) is 0 Å². The van der Waals surface area contributed by atoms with E-state index in [4.69, 9.17) is 10.00 Å². The molecule has 0 aliphatic heterocycles. The van der Waals surface area contributed by atoms with E-state index in [2.05, 4.69) is 37.4 Å². The Morgan fingerprint density at radius 2 is 2.06 bits per heavy atom. The molecule has 0 aliphatic rings. The van der Waals surface area contributed by atoms with Crippen LogP contribution in [0.15, 0.2) is 18.2 Å². The summed E-state index contributed by atoms with van der Waals surface area (Å²) in [5.41, 5.74) is 1.82. The molecule has 0 bridgehead atoms. The molecule has 1 N–H and O–H groups in total. The first-order valence-corrected chi connectivity index (χ1v) is 6.22. The topological polar surface area (TPSA) is 45.0 Å². The van der Waals surface area contributed by atoms with Crippen molar-refractivity contribution in [2.45, 2.75) is 33.6 Å². The van der Waals surface area contributed by atoms with Crippen molar-refractivity contribution in [3.63, 3.8) is 0 Å². The highest BCUT2D eigenvalue weighted by Gasteiger charge is 2.17. The van der Waals surface area contributed by atoms with Gasteiger partial charge in [-0.1, -0.05) is 19.9 Å². The average Bonchev–Trinajstić information content (AvgIpc) is 2.36. The van der Waals surface area contributed by atoms with Crippen LogP contribution in [0.25, 0.3) is 0 Å². The summed E-state index contributed by atoms with van der Waals surface area (Å²) in [6.07, 6.45) is 0. The summed E-state index contributed by atoms with van der Waals surface area (Å²) in [5.74, 6) is 1.29. The molecule has 18 heavy (non-hydrogen) atoms. The van der Waals surface area contributed by atoms with Crippen molar-refractivity contribution < 1.29 is 4.74 Å². The summed E-state index contributed by atoms with van der Waals surface area (Å²) in [4.78, 5) is 0. The molecule has 3 heteroatoms. The van der Waals surface area contributed by atoms with E-state index >= 15 is 0 Å². The van der Waals surface area contributed by atoms with E-state index in [9.17, 15) is 0 Å². The minimum Gasteiger partial charge on any atom is -0.495 e. The molecule has 1 aromatic carbocycles. The molecule has 0 heterocycles. The highest BCUT2D eigenvalue weighted by atomic mass is 16.5. The molecule has 0 radical (unpaired) electrons. The van der Waals surface area contributed by atoms with Gasteiger partial charge in [-0.05, 0) is 37.5 Å². The van der Waals surface area contributed by atoms with Gasteiger partial charge in [0.2, 0.25) is 0 Å². The molecular formula is C15H22N2O. The molecular weight excluding hydrogens is 224 g/mol. The molecule has 3 nitrogen and oxygen atoms in total. The maximum absolute atomic E-state index is 9.02. The maximum atomic E-state index is 9.02. The summed E-state index contributed by atoms with van der Waals surface area (Å²) in [7, 11) is 1.66. The molecule has 0 fully saturated rings. The van der Waals surface area contributed by atoms with Gasteiger partial charge < -0.3 is 10.1 Å². The first-order chi connectivity index (χ1) is 8.39. The lowest BCUT2D eigenvalue weighted by Crippen LogP contribution is -2.21. The quantitative estimate of drug-likeness (QED) is 0.860. The fraction of sp³-hybridized carbons (Fsp3) is 0.533. The van der Waals surface area contributed by atoms with Crippen LogP contribution in [0.4, 0.5) is 5.69 Å². The summed E-state index contributed by atoms with van der Waals surface area (Å²) >= 11 is 0. The third kappa shape index (κ3) is 3.66. The Morgan fingerprint density at radius 1 is 1.39 bits per heavy atom. The van der Waals surface area contributed by atoms with Gasteiger partial charge in [0.25, 0.3) is 0 Å². The number of benzene rings is 1. The summed E-state index contributed by atoms with van der Waals surface area (Å²) in [6.45, 7) is 8.74. The third-order valence-corrected chi connectivity index (χ3v) is 2.91. The number of anilines is 1. The van der Waals surface area contributed by atoms with Crippen molar-refractivity contribution >= 4 is 5.69 Å². The Morgan fingerprint density at radius 3 is 2.56 bits per heavy atom. The maximum Gasteiger partial charge on any atom is 0.141 e. The fourth-order valence-corrected chi connectivity index (χ4v) is 1.58. The average molecular weight is 246 g/mol. The summed E-state index contributed by atoms with van der Waals surface area (Å²) in [5, 5.41) is 12.3. The highest BCUT2D eigenvalue weighted by Crippen LogP contribution is 2.29. The van der Waals surface area contributed by atoms with Crippen molar-refractivity contribution in [2.75, 3.05) is 19.0 Å². The van der Waals surface area contributed by atoms with Gasteiger partial charge in [0.15, 0.2) is 0 Å². The highest BCUT2D eigenvalue weighted by molar-refractivity contribution is 5.58. The number of hydrogen-bond donors (Lipinski definition) is 1. The number of nitriles is 1. The van der Waals surface area contributed by atoms with Crippen LogP contribution in [0, 0.1) is 16.7 Å². The normalized spacial score (nSPS) is 11.2. The van der Waals surface area contributed by atoms with E-state index in [1.165, 1.54) is 5.56 Å². The molecule has 0 aliphatic carbocycles. The standard InChI is InChI=1S/C15H22N2O/c1-11(2)12-6-7-14(18-5)13(8-12)17-10-15(3,4)9-16/h6-8,11,17H,10H2,1-5H3. The van der Waals surface area contributed by atoms with Crippen LogP contribution in [0.2, 0.25) is 0 Å². The molecule has 0 aromatic heterocycles. The van der Waals surface area contributed by atoms with Crippen molar-refractivity contribution in [3.8, 4) is 11.8 Å². The Balaban J connectivity index is 2.92. The van der Waals surface area contributed by atoms with Gasteiger partial charge in [0, 0.05) is 6.54 Å². The Hall–Kier alpha value is -1.69. The number of rotatable bonds is 5. The summed E-state index contributed by atoms with van der Waals surface area (Å²) in [6, 6.07) is 8.42. The number of hydrogen-bond acceptors (Lipinski definition) is 3. The second kappa shape index (κ2) is 5.77. The molecule has 0 saturated carbocycles. The van der Waals surface area contributed by atoms with Crippen LogP contribution < -0.4 is 10.1 Å². The molecule has 0 amide bonds. The van der Waals surface area contributed by atoms with Crippen molar-refractivity contribution in [1.29, 1.82) is 5.26 Å². The van der Waals surface area contributed by atoms with Gasteiger partial charge in [-0.15, -0.1) is 0 Å². The zero-order chi connectivity index (χ0) is 13.8. The van der Waals surface area contributed by atoms with Crippen LogP contribution in [0.1, 0.15) is 39.2 Å². The van der Waals surface area contributed by atoms with Crippen LogP contribution in [0.3, 0.4) is 0 Å². The molecule has 0 spiro atoms. The third-order valence-electron chi connectivity index (χ3n) is 2.91. The molecule has 1 aromatic rings. The minimum atomic E-state index is -0.390.